The summed E-state index contributed by atoms with van der Waals surface area (Å²) in [5.41, 5.74) is 0.474. The van der Waals surface area contributed by atoms with Crippen molar-refractivity contribution in [2.45, 2.75) is 46.3 Å². The van der Waals surface area contributed by atoms with E-state index in [0.29, 0.717) is 6.54 Å². The molecule has 0 saturated heterocycles. The van der Waals surface area contributed by atoms with E-state index >= 15 is 0 Å². The van der Waals surface area contributed by atoms with Crippen molar-refractivity contribution in [3.05, 3.63) is 48.3 Å². The van der Waals surface area contributed by atoms with Crippen LogP contribution in [-0.4, -0.2) is 26.8 Å². The van der Waals surface area contributed by atoms with Gasteiger partial charge in [-0.1, -0.05) is 32.9 Å². The van der Waals surface area contributed by atoms with E-state index in [1.807, 2.05) is 33.8 Å². The molecular formula is C17H24FN5O. The normalized spacial score (nSPS) is 14.0. The van der Waals surface area contributed by atoms with E-state index in [0.717, 1.165) is 5.56 Å². The van der Waals surface area contributed by atoms with Gasteiger partial charge < -0.3 is 10.6 Å². The Morgan fingerprint density at radius 2 is 2.08 bits per heavy atom. The molecule has 0 radical (unpaired) electrons. The third-order valence-corrected chi connectivity index (χ3v) is 3.63. The predicted molar refractivity (Wildman–Crippen MR) is 89.7 cm³/mol. The summed E-state index contributed by atoms with van der Waals surface area (Å²) in [5.74, 6) is -0.316. The van der Waals surface area contributed by atoms with E-state index in [1.54, 1.807) is 17.1 Å². The quantitative estimate of drug-likeness (QED) is 0.884. The summed E-state index contributed by atoms with van der Waals surface area (Å²) in [7, 11) is 0. The summed E-state index contributed by atoms with van der Waals surface area (Å²) >= 11 is 0. The van der Waals surface area contributed by atoms with Crippen LogP contribution in [0.2, 0.25) is 0 Å². The van der Waals surface area contributed by atoms with Gasteiger partial charge in [-0.25, -0.2) is 14.2 Å². The van der Waals surface area contributed by atoms with Crippen molar-refractivity contribution in [2.75, 3.05) is 0 Å². The molecule has 0 aliphatic heterocycles. The van der Waals surface area contributed by atoms with Gasteiger partial charge in [0.25, 0.3) is 0 Å². The van der Waals surface area contributed by atoms with Crippen molar-refractivity contribution in [2.24, 2.45) is 5.41 Å². The van der Waals surface area contributed by atoms with Gasteiger partial charge in [-0.15, -0.1) is 0 Å². The molecule has 7 heteroatoms. The van der Waals surface area contributed by atoms with Crippen molar-refractivity contribution >= 4 is 6.03 Å². The molecule has 0 saturated carbocycles. The molecule has 0 fully saturated rings. The maximum Gasteiger partial charge on any atom is 0.315 e. The van der Waals surface area contributed by atoms with Gasteiger partial charge in [0.1, 0.15) is 18.5 Å². The molecule has 1 aromatic heterocycles. The van der Waals surface area contributed by atoms with Crippen LogP contribution in [0.4, 0.5) is 9.18 Å². The average molecular weight is 333 g/mol. The molecule has 2 aromatic rings. The second-order valence-electron chi connectivity index (χ2n) is 6.99. The van der Waals surface area contributed by atoms with Crippen molar-refractivity contribution in [1.29, 1.82) is 0 Å². The minimum absolute atomic E-state index is 0.125. The molecular weight excluding hydrogens is 309 g/mol. The van der Waals surface area contributed by atoms with Gasteiger partial charge in [-0.2, -0.15) is 5.10 Å². The van der Waals surface area contributed by atoms with Crippen LogP contribution < -0.4 is 10.6 Å². The lowest BCUT2D eigenvalue weighted by Gasteiger charge is -2.32. The summed E-state index contributed by atoms with van der Waals surface area (Å²) in [6, 6.07) is 5.57. The lowest BCUT2D eigenvalue weighted by atomic mass is 9.82. The van der Waals surface area contributed by atoms with Crippen LogP contribution in [0, 0.1) is 11.2 Å². The van der Waals surface area contributed by atoms with Crippen LogP contribution >= 0.6 is 0 Å². The average Bonchev–Trinajstić information content (AvgIpc) is 2.96. The fourth-order valence-electron chi connectivity index (χ4n) is 2.54. The Kier molecular flexibility index (Phi) is 5.54. The first kappa shape index (κ1) is 17.9. The van der Waals surface area contributed by atoms with Gasteiger partial charge in [0.15, 0.2) is 0 Å². The number of hydrogen-bond acceptors (Lipinski definition) is 3. The molecule has 6 nitrogen and oxygen atoms in total. The Hall–Kier alpha value is -2.44. The zero-order chi connectivity index (χ0) is 17.7. The molecule has 2 N–H and O–H groups in total. The number of amides is 2. The topological polar surface area (TPSA) is 71.8 Å². The highest BCUT2D eigenvalue weighted by molar-refractivity contribution is 5.74. The van der Waals surface area contributed by atoms with E-state index < -0.39 is 0 Å². The Labute approximate surface area is 141 Å². The van der Waals surface area contributed by atoms with E-state index in [4.69, 9.17) is 0 Å². The van der Waals surface area contributed by atoms with E-state index in [-0.39, 0.29) is 29.3 Å². The second-order valence-corrected chi connectivity index (χ2v) is 6.99. The van der Waals surface area contributed by atoms with Crippen molar-refractivity contribution in [3.63, 3.8) is 0 Å². The maximum atomic E-state index is 13.5. The van der Waals surface area contributed by atoms with Crippen molar-refractivity contribution < 1.29 is 9.18 Å². The van der Waals surface area contributed by atoms with Gasteiger partial charge in [0, 0.05) is 6.04 Å². The minimum Gasteiger partial charge on any atom is -0.334 e. The molecule has 0 bridgehead atoms. The molecule has 1 aromatic carbocycles. The van der Waals surface area contributed by atoms with Gasteiger partial charge in [0.2, 0.25) is 0 Å². The molecule has 0 spiro atoms. The first-order valence-corrected chi connectivity index (χ1v) is 7.90. The number of rotatable bonds is 5. The third-order valence-electron chi connectivity index (χ3n) is 3.63. The van der Waals surface area contributed by atoms with Crippen molar-refractivity contribution in [3.8, 4) is 0 Å². The predicted octanol–water partition coefficient (Wildman–Crippen LogP) is 2.89. The highest BCUT2D eigenvalue weighted by Gasteiger charge is 2.28. The Morgan fingerprint density at radius 1 is 1.33 bits per heavy atom. The number of aromatic nitrogens is 3. The number of benzene rings is 1. The molecule has 0 aliphatic carbocycles. The molecule has 24 heavy (non-hydrogen) atoms. The molecule has 1 heterocycles. The highest BCUT2D eigenvalue weighted by Crippen LogP contribution is 2.32. The summed E-state index contributed by atoms with van der Waals surface area (Å²) in [6.07, 6.45) is 3.05. The minimum atomic E-state index is -0.316. The molecule has 0 aliphatic rings. The molecule has 0 unspecified atom stereocenters. The van der Waals surface area contributed by atoms with Gasteiger partial charge in [0.05, 0.1) is 12.6 Å². The lowest BCUT2D eigenvalue weighted by Crippen LogP contribution is -2.46. The highest BCUT2D eigenvalue weighted by atomic mass is 19.1. The number of nitrogens with zero attached hydrogens (tertiary/aromatic N) is 3. The summed E-state index contributed by atoms with van der Waals surface area (Å²) in [4.78, 5) is 16.2. The summed E-state index contributed by atoms with van der Waals surface area (Å²) in [6.45, 7) is 8.41. The standard InChI is InChI=1S/C17H24FN5O/c1-12(9-23-11-19-10-20-23)21-16(24)22-15(17(2,3)4)13-6-5-7-14(18)8-13/h5-8,10-12,15H,9H2,1-4H3,(H2,21,22,24)/t12-,15+/m1/s1. The fourth-order valence-corrected chi connectivity index (χ4v) is 2.54. The summed E-state index contributed by atoms with van der Waals surface area (Å²) < 4.78 is 15.2. The number of urea groups is 1. The Morgan fingerprint density at radius 3 is 2.67 bits per heavy atom. The monoisotopic (exact) mass is 333 g/mol. The number of nitrogens with one attached hydrogen (secondary N) is 2. The number of carbonyl (C=O) groups excluding carboxylic acids is 1. The summed E-state index contributed by atoms with van der Waals surface area (Å²) in [5, 5.41) is 9.83. The Bertz CT molecular complexity index is 666. The number of carbonyl (C=O) groups is 1. The first-order chi connectivity index (χ1) is 11.3. The molecule has 2 rings (SSSR count). The molecule has 130 valence electrons. The second kappa shape index (κ2) is 7.42. The van der Waals surface area contributed by atoms with Crippen LogP contribution in [-0.2, 0) is 6.54 Å². The van der Waals surface area contributed by atoms with Gasteiger partial charge in [-0.05, 0) is 30.0 Å². The first-order valence-electron chi connectivity index (χ1n) is 7.90. The van der Waals surface area contributed by atoms with Gasteiger partial charge in [-0.3, -0.25) is 4.68 Å². The smallest absolute Gasteiger partial charge is 0.315 e. The van der Waals surface area contributed by atoms with Gasteiger partial charge >= 0.3 is 6.03 Å². The van der Waals surface area contributed by atoms with Crippen LogP contribution in [0.25, 0.3) is 0 Å². The molecule has 2 amide bonds. The SMILES string of the molecule is C[C@H](Cn1cncn1)NC(=O)N[C@@H](c1cccc(F)c1)C(C)(C)C. The van der Waals surface area contributed by atoms with Crippen LogP contribution in [0.1, 0.15) is 39.3 Å². The Balaban J connectivity index is 2.02. The van der Waals surface area contributed by atoms with E-state index in [9.17, 15) is 9.18 Å². The fraction of sp³-hybridized carbons (Fsp3) is 0.471. The van der Waals surface area contributed by atoms with Crippen molar-refractivity contribution in [1.82, 2.24) is 25.4 Å². The van der Waals surface area contributed by atoms with Crippen LogP contribution in [0.15, 0.2) is 36.9 Å². The zero-order valence-electron chi connectivity index (χ0n) is 14.5. The van der Waals surface area contributed by atoms with Crippen LogP contribution in [0.3, 0.4) is 0 Å². The third kappa shape index (κ3) is 5.04. The lowest BCUT2D eigenvalue weighted by molar-refractivity contribution is 0.214. The zero-order valence-corrected chi connectivity index (χ0v) is 14.5. The van der Waals surface area contributed by atoms with Crippen LogP contribution in [0.5, 0.6) is 0 Å². The van der Waals surface area contributed by atoms with E-state index in [2.05, 4.69) is 20.7 Å². The molecule has 2 atom stereocenters. The largest absolute Gasteiger partial charge is 0.334 e. The number of hydrogen-bond donors (Lipinski definition) is 2. The van der Waals surface area contributed by atoms with E-state index in [1.165, 1.54) is 18.5 Å². The number of halogens is 1. The maximum absolute atomic E-state index is 13.5.